The molecule has 0 spiro atoms. The first-order chi connectivity index (χ1) is 13.7. The number of imide groups is 1. The summed E-state index contributed by atoms with van der Waals surface area (Å²) in [5, 5.41) is 2.09. The van der Waals surface area contributed by atoms with Gasteiger partial charge >= 0.3 is 0 Å². The Hall–Kier alpha value is -3.02. The number of sulfonamides is 1. The zero-order valence-corrected chi connectivity index (χ0v) is 16.3. The van der Waals surface area contributed by atoms with E-state index in [9.17, 15) is 22.8 Å². The number of nitrogens with zero attached hydrogens (tertiary/aromatic N) is 2. The maximum absolute atomic E-state index is 13.1. The van der Waals surface area contributed by atoms with Crippen LogP contribution in [-0.2, 0) is 14.8 Å². The van der Waals surface area contributed by atoms with E-state index in [1.54, 1.807) is 13.0 Å². The SMILES string of the molecule is Cc1ccc(-n2c(N)c3c(cc2=O)C(=O)NC3=O)cc1S(=O)(=O)N1CCOCC1. The standard InChI is InChI=1S/C18H18N4O6S/c1-10-2-3-11(8-13(10)29(26,27)21-4-6-28-7-5-21)22-14(23)9-12-15(16(22)19)18(25)20-17(12)24/h2-3,8-9H,4-7,19H2,1H3,(H,20,24,25). The maximum Gasteiger partial charge on any atom is 0.262 e. The van der Waals surface area contributed by atoms with Crippen LogP contribution in [0.5, 0.6) is 0 Å². The van der Waals surface area contributed by atoms with E-state index < -0.39 is 27.4 Å². The molecule has 2 aliphatic rings. The monoisotopic (exact) mass is 418 g/mol. The molecule has 0 radical (unpaired) electrons. The minimum Gasteiger partial charge on any atom is -0.384 e. The summed E-state index contributed by atoms with van der Waals surface area (Å²) in [7, 11) is -3.82. The van der Waals surface area contributed by atoms with Gasteiger partial charge in [0.15, 0.2) is 0 Å². The van der Waals surface area contributed by atoms with Crippen LogP contribution in [0.2, 0.25) is 0 Å². The minimum absolute atomic E-state index is 0.0317. The van der Waals surface area contributed by atoms with Crippen molar-refractivity contribution in [1.29, 1.82) is 0 Å². The van der Waals surface area contributed by atoms with Crippen LogP contribution in [0.4, 0.5) is 5.82 Å². The molecular weight excluding hydrogens is 400 g/mol. The number of carbonyl (C=O) groups excluding carboxylic acids is 2. The van der Waals surface area contributed by atoms with Gasteiger partial charge < -0.3 is 10.5 Å². The Morgan fingerprint density at radius 2 is 1.76 bits per heavy atom. The summed E-state index contributed by atoms with van der Waals surface area (Å²) in [6.07, 6.45) is 0. The smallest absolute Gasteiger partial charge is 0.262 e. The van der Waals surface area contributed by atoms with Crippen LogP contribution in [-0.4, -0.2) is 55.4 Å². The topological polar surface area (TPSA) is 141 Å². The summed E-state index contributed by atoms with van der Waals surface area (Å²) in [6.45, 7) is 2.72. The second-order valence-electron chi connectivity index (χ2n) is 6.74. The number of aromatic nitrogens is 1. The molecule has 152 valence electrons. The number of amides is 2. The predicted octanol–water partition coefficient (Wildman–Crippen LogP) is -0.367. The van der Waals surface area contributed by atoms with E-state index >= 15 is 0 Å². The molecule has 1 aromatic heterocycles. The van der Waals surface area contributed by atoms with Crippen LogP contribution in [0, 0.1) is 6.92 Å². The number of nitrogen functional groups attached to an aromatic ring is 1. The van der Waals surface area contributed by atoms with Crippen molar-refractivity contribution in [2.45, 2.75) is 11.8 Å². The number of nitrogens with two attached hydrogens (primary N) is 1. The molecule has 3 N–H and O–H groups in total. The quantitative estimate of drug-likeness (QED) is 0.648. The zero-order valence-electron chi connectivity index (χ0n) is 15.5. The lowest BCUT2D eigenvalue weighted by Crippen LogP contribution is -2.40. The lowest BCUT2D eigenvalue weighted by molar-refractivity contribution is 0.0730. The van der Waals surface area contributed by atoms with E-state index in [0.717, 1.165) is 10.6 Å². The summed E-state index contributed by atoms with van der Waals surface area (Å²) < 4.78 is 33.7. The highest BCUT2D eigenvalue weighted by molar-refractivity contribution is 7.89. The van der Waals surface area contributed by atoms with Crippen molar-refractivity contribution >= 4 is 27.7 Å². The van der Waals surface area contributed by atoms with Gasteiger partial charge in [0.05, 0.1) is 34.9 Å². The number of morpholine rings is 1. The molecule has 2 aliphatic heterocycles. The first-order valence-electron chi connectivity index (χ1n) is 8.82. The van der Waals surface area contributed by atoms with Gasteiger partial charge in [0.25, 0.3) is 17.4 Å². The van der Waals surface area contributed by atoms with Gasteiger partial charge in [-0.15, -0.1) is 0 Å². The van der Waals surface area contributed by atoms with Crippen LogP contribution < -0.4 is 16.6 Å². The predicted molar refractivity (Wildman–Crippen MR) is 103 cm³/mol. The normalized spacial score (nSPS) is 17.3. The minimum atomic E-state index is -3.82. The molecule has 1 saturated heterocycles. The van der Waals surface area contributed by atoms with Crippen LogP contribution in [0.3, 0.4) is 0 Å². The fraction of sp³-hybridized carbons (Fsp3) is 0.278. The fourth-order valence-corrected chi connectivity index (χ4v) is 5.13. The maximum atomic E-state index is 13.1. The first-order valence-corrected chi connectivity index (χ1v) is 10.3. The number of benzene rings is 1. The number of rotatable bonds is 3. The molecule has 3 heterocycles. The lowest BCUT2D eigenvalue weighted by atomic mass is 10.1. The molecule has 0 aliphatic carbocycles. The number of pyridine rings is 1. The average Bonchev–Trinajstić information content (AvgIpc) is 2.97. The van der Waals surface area contributed by atoms with E-state index in [1.807, 2.05) is 0 Å². The highest BCUT2D eigenvalue weighted by atomic mass is 32.2. The van der Waals surface area contributed by atoms with Crippen molar-refractivity contribution in [1.82, 2.24) is 14.2 Å². The van der Waals surface area contributed by atoms with Crippen molar-refractivity contribution in [3.05, 3.63) is 51.3 Å². The van der Waals surface area contributed by atoms with Gasteiger partial charge in [0, 0.05) is 19.2 Å². The molecule has 11 heteroatoms. The molecular formula is C18H18N4O6S. The van der Waals surface area contributed by atoms with Crippen molar-refractivity contribution < 1.29 is 22.7 Å². The van der Waals surface area contributed by atoms with Crippen molar-refractivity contribution in [2.75, 3.05) is 32.0 Å². The number of anilines is 1. The molecule has 29 heavy (non-hydrogen) atoms. The summed E-state index contributed by atoms with van der Waals surface area (Å²) in [6, 6.07) is 5.46. The average molecular weight is 418 g/mol. The van der Waals surface area contributed by atoms with Gasteiger partial charge in [-0.25, -0.2) is 8.42 Å². The van der Waals surface area contributed by atoms with Gasteiger partial charge in [-0.3, -0.25) is 24.3 Å². The molecule has 1 aromatic carbocycles. The van der Waals surface area contributed by atoms with E-state index in [0.29, 0.717) is 18.8 Å². The second-order valence-corrected chi connectivity index (χ2v) is 8.65. The van der Waals surface area contributed by atoms with Gasteiger partial charge in [-0.05, 0) is 24.6 Å². The third kappa shape index (κ3) is 3.03. The van der Waals surface area contributed by atoms with E-state index in [-0.39, 0.29) is 40.6 Å². The molecule has 0 unspecified atom stereocenters. The molecule has 1 fully saturated rings. The summed E-state index contributed by atoms with van der Waals surface area (Å²) in [5.74, 6) is -1.63. The van der Waals surface area contributed by atoms with Crippen molar-refractivity contribution in [3.8, 4) is 5.69 Å². The third-order valence-electron chi connectivity index (χ3n) is 4.97. The summed E-state index contributed by atoms with van der Waals surface area (Å²) in [5.41, 5.74) is 5.87. The molecule has 2 amide bonds. The summed E-state index contributed by atoms with van der Waals surface area (Å²) in [4.78, 5) is 36.5. The highest BCUT2D eigenvalue weighted by Crippen LogP contribution is 2.27. The third-order valence-corrected chi connectivity index (χ3v) is 7.01. The van der Waals surface area contributed by atoms with Crippen molar-refractivity contribution in [3.63, 3.8) is 0 Å². The Morgan fingerprint density at radius 1 is 1.07 bits per heavy atom. The number of aryl methyl sites for hydroxylation is 1. The number of carbonyl (C=O) groups is 2. The molecule has 0 atom stereocenters. The van der Waals surface area contributed by atoms with Crippen LogP contribution >= 0.6 is 0 Å². The Bertz CT molecular complexity index is 1210. The van der Waals surface area contributed by atoms with E-state index in [1.165, 1.54) is 16.4 Å². The van der Waals surface area contributed by atoms with E-state index in [2.05, 4.69) is 5.32 Å². The lowest BCUT2D eigenvalue weighted by Gasteiger charge is -2.27. The number of nitrogens with one attached hydrogen (secondary N) is 1. The van der Waals surface area contributed by atoms with Gasteiger partial charge in [-0.2, -0.15) is 4.31 Å². The molecule has 2 aromatic rings. The molecule has 0 bridgehead atoms. The van der Waals surface area contributed by atoms with Crippen LogP contribution in [0.1, 0.15) is 26.3 Å². The number of hydrogen-bond donors (Lipinski definition) is 2. The zero-order chi connectivity index (χ0) is 20.9. The van der Waals surface area contributed by atoms with Crippen molar-refractivity contribution in [2.24, 2.45) is 0 Å². The van der Waals surface area contributed by atoms with Crippen LogP contribution in [0.25, 0.3) is 5.69 Å². The summed E-state index contributed by atoms with van der Waals surface area (Å²) >= 11 is 0. The number of hydrogen-bond acceptors (Lipinski definition) is 7. The Labute approximate surface area is 165 Å². The molecule has 0 saturated carbocycles. The molecule has 10 nitrogen and oxygen atoms in total. The van der Waals surface area contributed by atoms with Gasteiger partial charge in [-0.1, -0.05) is 6.07 Å². The number of fused-ring (bicyclic) bond motifs is 1. The highest BCUT2D eigenvalue weighted by Gasteiger charge is 2.33. The van der Waals surface area contributed by atoms with Gasteiger partial charge in [0.2, 0.25) is 10.0 Å². The van der Waals surface area contributed by atoms with Gasteiger partial charge in [0.1, 0.15) is 5.82 Å². The van der Waals surface area contributed by atoms with E-state index in [4.69, 9.17) is 10.5 Å². The Kier molecular flexibility index (Phi) is 4.52. The van der Waals surface area contributed by atoms with Crippen LogP contribution in [0.15, 0.2) is 34.0 Å². The molecule has 4 rings (SSSR count). The second kappa shape index (κ2) is 6.79. The first kappa shape index (κ1) is 19.3. The Morgan fingerprint density at radius 3 is 2.45 bits per heavy atom. The largest absolute Gasteiger partial charge is 0.384 e. The Balaban J connectivity index is 1.88. The fourth-order valence-electron chi connectivity index (χ4n) is 3.48. The number of ether oxygens (including phenoxy) is 1.